The number of nitrogens with one attached hydrogen (secondary N) is 1. The van der Waals surface area contributed by atoms with Crippen molar-refractivity contribution < 1.29 is 0 Å². The Morgan fingerprint density at radius 1 is 1.32 bits per heavy atom. The van der Waals surface area contributed by atoms with E-state index in [1.54, 1.807) is 0 Å². The summed E-state index contributed by atoms with van der Waals surface area (Å²) in [6.07, 6.45) is 6.60. The van der Waals surface area contributed by atoms with Crippen LogP contribution < -0.4 is 11.1 Å². The largest absolute Gasteiger partial charge is 0.355 e. The van der Waals surface area contributed by atoms with Gasteiger partial charge in [0.2, 0.25) is 5.95 Å². The van der Waals surface area contributed by atoms with Crippen LogP contribution in [0.4, 0.5) is 5.95 Å². The van der Waals surface area contributed by atoms with E-state index in [-0.39, 0.29) is 0 Å². The summed E-state index contributed by atoms with van der Waals surface area (Å²) in [4.78, 5) is 11.1. The second-order valence-electron chi connectivity index (χ2n) is 5.80. The maximum absolute atomic E-state index is 6.24. The standard InChI is InChI=1S/C14H23N5/c1-2-16-14-17-5-10(6-18-14)7-19-8-12(11-3-4-11)13(15)9-19/h5-6,11-13H,2-4,7-9,15H2,1H3,(H,16,17,18)/t12-,13+/m1/s1. The van der Waals surface area contributed by atoms with E-state index in [9.17, 15) is 0 Å². The molecule has 0 spiro atoms. The molecule has 5 heteroatoms. The quantitative estimate of drug-likeness (QED) is 0.830. The highest BCUT2D eigenvalue weighted by Gasteiger charge is 2.40. The van der Waals surface area contributed by atoms with E-state index in [2.05, 4.69) is 20.2 Å². The fraction of sp³-hybridized carbons (Fsp3) is 0.714. The van der Waals surface area contributed by atoms with Gasteiger partial charge >= 0.3 is 0 Å². The van der Waals surface area contributed by atoms with Crippen molar-refractivity contribution in [2.75, 3.05) is 25.0 Å². The summed E-state index contributed by atoms with van der Waals surface area (Å²) in [5.41, 5.74) is 7.42. The minimum absolute atomic E-state index is 0.356. The third kappa shape index (κ3) is 3.04. The van der Waals surface area contributed by atoms with Gasteiger partial charge < -0.3 is 11.1 Å². The number of anilines is 1. The molecule has 0 amide bonds. The molecule has 0 bridgehead atoms. The van der Waals surface area contributed by atoms with Gasteiger partial charge in [-0.15, -0.1) is 0 Å². The number of rotatable bonds is 5. The van der Waals surface area contributed by atoms with Crippen LogP contribution in [0, 0.1) is 11.8 Å². The van der Waals surface area contributed by atoms with Gasteiger partial charge in [0.1, 0.15) is 0 Å². The molecule has 0 unspecified atom stereocenters. The molecule has 3 rings (SSSR count). The van der Waals surface area contributed by atoms with Crippen LogP contribution in [0.1, 0.15) is 25.3 Å². The Balaban J connectivity index is 1.56. The van der Waals surface area contributed by atoms with Crippen LogP contribution >= 0.6 is 0 Å². The maximum Gasteiger partial charge on any atom is 0.222 e. The van der Waals surface area contributed by atoms with Crippen LogP contribution in [0.25, 0.3) is 0 Å². The van der Waals surface area contributed by atoms with Gasteiger partial charge in [-0.1, -0.05) is 0 Å². The van der Waals surface area contributed by atoms with Gasteiger partial charge in [0.15, 0.2) is 0 Å². The van der Waals surface area contributed by atoms with Crippen molar-refractivity contribution in [3.05, 3.63) is 18.0 Å². The molecule has 19 heavy (non-hydrogen) atoms. The number of hydrogen-bond acceptors (Lipinski definition) is 5. The van der Waals surface area contributed by atoms with Gasteiger partial charge in [-0.25, -0.2) is 9.97 Å². The molecular weight excluding hydrogens is 238 g/mol. The Bertz CT molecular complexity index is 414. The summed E-state index contributed by atoms with van der Waals surface area (Å²) < 4.78 is 0. The average Bonchev–Trinajstić information content (AvgIpc) is 3.17. The van der Waals surface area contributed by atoms with E-state index in [1.807, 2.05) is 19.3 Å². The third-order valence-corrected chi connectivity index (χ3v) is 4.16. The molecule has 1 aliphatic heterocycles. The minimum atomic E-state index is 0.356. The van der Waals surface area contributed by atoms with Crippen LogP contribution in [0.5, 0.6) is 0 Å². The van der Waals surface area contributed by atoms with Gasteiger partial charge in [0, 0.05) is 50.2 Å². The first-order chi connectivity index (χ1) is 9.26. The molecule has 1 aromatic rings. The molecule has 2 fully saturated rings. The molecular formula is C14H23N5. The Labute approximate surface area is 114 Å². The summed E-state index contributed by atoms with van der Waals surface area (Å²) in [5, 5.41) is 3.11. The van der Waals surface area contributed by atoms with Crippen LogP contribution in [0.3, 0.4) is 0 Å². The highest BCUT2D eigenvalue weighted by Crippen LogP contribution is 2.41. The number of nitrogens with two attached hydrogens (primary N) is 1. The number of aromatic nitrogens is 2. The van der Waals surface area contributed by atoms with Gasteiger partial charge in [0.05, 0.1) is 0 Å². The van der Waals surface area contributed by atoms with E-state index >= 15 is 0 Å². The zero-order chi connectivity index (χ0) is 13.2. The van der Waals surface area contributed by atoms with Crippen molar-refractivity contribution in [2.24, 2.45) is 17.6 Å². The maximum atomic E-state index is 6.24. The van der Waals surface area contributed by atoms with Crippen molar-refractivity contribution in [3.8, 4) is 0 Å². The Morgan fingerprint density at radius 3 is 2.68 bits per heavy atom. The topological polar surface area (TPSA) is 67.1 Å². The van der Waals surface area contributed by atoms with Crippen LogP contribution in [0.2, 0.25) is 0 Å². The Kier molecular flexibility index (Phi) is 3.66. The van der Waals surface area contributed by atoms with Crippen molar-refractivity contribution in [3.63, 3.8) is 0 Å². The van der Waals surface area contributed by atoms with Gasteiger partial charge in [-0.2, -0.15) is 0 Å². The molecule has 0 aromatic carbocycles. The van der Waals surface area contributed by atoms with Gasteiger partial charge in [0.25, 0.3) is 0 Å². The van der Waals surface area contributed by atoms with E-state index < -0.39 is 0 Å². The molecule has 2 heterocycles. The lowest BCUT2D eigenvalue weighted by atomic mass is 9.99. The van der Waals surface area contributed by atoms with E-state index in [1.165, 1.54) is 18.4 Å². The SMILES string of the molecule is CCNc1ncc(CN2C[C@H](C3CC3)[C@@H](N)C2)cn1. The molecule has 1 aliphatic carbocycles. The molecule has 3 N–H and O–H groups in total. The predicted molar refractivity (Wildman–Crippen MR) is 75.7 cm³/mol. The first kappa shape index (κ1) is 12.8. The third-order valence-electron chi connectivity index (χ3n) is 4.16. The lowest BCUT2D eigenvalue weighted by Gasteiger charge is -2.15. The van der Waals surface area contributed by atoms with Crippen molar-refractivity contribution in [1.82, 2.24) is 14.9 Å². The summed E-state index contributed by atoms with van der Waals surface area (Å²) in [7, 11) is 0. The summed E-state index contributed by atoms with van der Waals surface area (Å²) in [6, 6.07) is 0.356. The average molecular weight is 261 g/mol. The van der Waals surface area contributed by atoms with Crippen molar-refractivity contribution in [1.29, 1.82) is 0 Å². The van der Waals surface area contributed by atoms with E-state index in [0.29, 0.717) is 17.9 Å². The van der Waals surface area contributed by atoms with E-state index in [0.717, 1.165) is 32.1 Å². The molecule has 2 aliphatic rings. The molecule has 1 aromatic heterocycles. The smallest absolute Gasteiger partial charge is 0.222 e. The molecule has 1 saturated carbocycles. The summed E-state index contributed by atoms with van der Waals surface area (Å²) in [5.74, 6) is 2.31. The van der Waals surface area contributed by atoms with Crippen molar-refractivity contribution >= 4 is 5.95 Å². The number of nitrogens with zero attached hydrogens (tertiary/aromatic N) is 3. The normalized spacial score (nSPS) is 27.7. The van der Waals surface area contributed by atoms with Crippen LogP contribution in [-0.2, 0) is 6.54 Å². The van der Waals surface area contributed by atoms with Crippen LogP contribution in [0.15, 0.2) is 12.4 Å². The highest BCUT2D eigenvalue weighted by atomic mass is 15.2. The first-order valence-corrected chi connectivity index (χ1v) is 7.29. The van der Waals surface area contributed by atoms with Crippen molar-refractivity contribution in [2.45, 2.75) is 32.4 Å². The fourth-order valence-corrected chi connectivity index (χ4v) is 3.04. The molecule has 1 saturated heterocycles. The molecule has 104 valence electrons. The minimum Gasteiger partial charge on any atom is -0.355 e. The monoisotopic (exact) mass is 261 g/mol. The summed E-state index contributed by atoms with van der Waals surface area (Å²) >= 11 is 0. The Hall–Kier alpha value is -1.20. The number of hydrogen-bond donors (Lipinski definition) is 2. The van der Waals surface area contributed by atoms with E-state index in [4.69, 9.17) is 5.73 Å². The van der Waals surface area contributed by atoms with Gasteiger partial charge in [-0.05, 0) is 31.6 Å². The zero-order valence-electron chi connectivity index (χ0n) is 11.5. The summed E-state index contributed by atoms with van der Waals surface area (Å²) in [6.45, 7) is 5.96. The predicted octanol–water partition coefficient (Wildman–Crippen LogP) is 1.08. The molecule has 0 radical (unpaired) electrons. The number of likely N-dealkylation sites (tertiary alicyclic amines) is 1. The van der Waals surface area contributed by atoms with Gasteiger partial charge in [-0.3, -0.25) is 4.90 Å². The molecule has 2 atom stereocenters. The second-order valence-corrected chi connectivity index (χ2v) is 5.80. The first-order valence-electron chi connectivity index (χ1n) is 7.29. The lowest BCUT2D eigenvalue weighted by molar-refractivity contribution is 0.309. The highest BCUT2D eigenvalue weighted by molar-refractivity contribution is 5.24. The zero-order valence-corrected chi connectivity index (χ0v) is 11.5. The van der Waals surface area contributed by atoms with Crippen LogP contribution in [-0.4, -0.2) is 40.5 Å². The molecule has 5 nitrogen and oxygen atoms in total. The second kappa shape index (κ2) is 5.43. The fourth-order valence-electron chi connectivity index (χ4n) is 3.04. The lowest BCUT2D eigenvalue weighted by Crippen LogP contribution is -2.30. The Morgan fingerprint density at radius 2 is 2.05 bits per heavy atom.